The summed E-state index contributed by atoms with van der Waals surface area (Å²) in [6.45, 7) is 6.29. The third-order valence-corrected chi connectivity index (χ3v) is 4.60. The zero-order chi connectivity index (χ0) is 12.1. The Balaban J connectivity index is 2.64. The van der Waals surface area contributed by atoms with Crippen LogP contribution in [-0.2, 0) is 12.2 Å². The second-order valence-electron chi connectivity index (χ2n) is 3.95. The van der Waals surface area contributed by atoms with Crippen molar-refractivity contribution >= 4 is 29.1 Å². The van der Waals surface area contributed by atoms with Crippen molar-refractivity contribution in [1.29, 1.82) is 0 Å². The van der Waals surface area contributed by atoms with E-state index in [0.29, 0.717) is 17.2 Å². The van der Waals surface area contributed by atoms with Crippen molar-refractivity contribution in [3.8, 4) is 0 Å². The number of carboxylic acid groups (broad SMARTS) is 1. The third kappa shape index (κ3) is 3.79. The molecule has 0 unspecified atom stereocenters. The fourth-order valence-corrected chi connectivity index (χ4v) is 3.35. The van der Waals surface area contributed by atoms with Crippen LogP contribution in [0.3, 0.4) is 0 Å². The fourth-order valence-electron chi connectivity index (χ4n) is 1.25. The van der Waals surface area contributed by atoms with Crippen molar-refractivity contribution in [3.63, 3.8) is 0 Å². The number of nitrogens with zero attached hydrogens (tertiary/aromatic N) is 1. The normalized spacial score (nSPS) is 11.0. The lowest BCUT2D eigenvalue weighted by Gasteiger charge is -2.01. The minimum Gasteiger partial charge on any atom is -0.477 e. The minimum absolute atomic E-state index is 0.405. The van der Waals surface area contributed by atoms with Crippen LogP contribution in [0.5, 0.6) is 0 Å². The molecule has 0 aliphatic rings. The maximum absolute atomic E-state index is 10.9. The molecule has 0 fully saturated rings. The van der Waals surface area contributed by atoms with E-state index in [9.17, 15) is 4.79 Å². The molecule has 16 heavy (non-hydrogen) atoms. The standard InChI is InChI=1S/C11H17NO2S2/c1-4-8-10(11(13)14)16-9(12-8)6-15-5-7(2)3/h7H,4-6H2,1-3H3,(H,13,14). The van der Waals surface area contributed by atoms with Gasteiger partial charge in [-0.2, -0.15) is 11.8 Å². The smallest absolute Gasteiger partial charge is 0.347 e. The molecule has 1 rings (SSSR count). The molecule has 90 valence electrons. The van der Waals surface area contributed by atoms with Gasteiger partial charge in [-0.3, -0.25) is 0 Å². The topological polar surface area (TPSA) is 50.2 Å². The zero-order valence-corrected chi connectivity index (χ0v) is 11.5. The summed E-state index contributed by atoms with van der Waals surface area (Å²) >= 11 is 3.13. The van der Waals surface area contributed by atoms with E-state index in [-0.39, 0.29) is 0 Å². The lowest BCUT2D eigenvalue weighted by atomic mass is 10.3. The highest BCUT2D eigenvalue weighted by molar-refractivity contribution is 7.98. The third-order valence-electron chi connectivity index (χ3n) is 1.95. The molecule has 0 aliphatic carbocycles. The molecule has 0 bridgehead atoms. The van der Waals surface area contributed by atoms with Gasteiger partial charge >= 0.3 is 5.97 Å². The van der Waals surface area contributed by atoms with E-state index in [1.807, 2.05) is 18.7 Å². The highest BCUT2D eigenvalue weighted by Crippen LogP contribution is 2.23. The maximum atomic E-state index is 10.9. The van der Waals surface area contributed by atoms with Crippen LogP contribution in [0.4, 0.5) is 0 Å². The largest absolute Gasteiger partial charge is 0.477 e. The molecular weight excluding hydrogens is 242 g/mol. The van der Waals surface area contributed by atoms with Crippen molar-refractivity contribution in [2.24, 2.45) is 5.92 Å². The van der Waals surface area contributed by atoms with Gasteiger partial charge in [0.1, 0.15) is 9.88 Å². The number of aromatic nitrogens is 1. The molecule has 0 radical (unpaired) electrons. The number of aromatic carboxylic acids is 1. The number of hydrogen-bond acceptors (Lipinski definition) is 4. The molecule has 0 amide bonds. The van der Waals surface area contributed by atoms with Crippen LogP contribution < -0.4 is 0 Å². The van der Waals surface area contributed by atoms with Gasteiger partial charge in [-0.25, -0.2) is 9.78 Å². The van der Waals surface area contributed by atoms with Crippen LogP contribution in [0.2, 0.25) is 0 Å². The van der Waals surface area contributed by atoms with Crippen molar-refractivity contribution in [1.82, 2.24) is 4.98 Å². The van der Waals surface area contributed by atoms with Crippen molar-refractivity contribution in [3.05, 3.63) is 15.6 Å². The second kappa shape index (κ2) is 6.25. The molecule has 1 N–H and O–H groups in total. The summed E-state index contributed by atoms with van der Waals surface area (Å²) in [6.07, 6.45) is 0.687. The zero-order valence-electron chi connectivity index (χ0n) is 9.82. The average molecular weight is 259 g/mol. The number of carbonyl (C=O) groups is 1. The van der Waals surface area contributed by atoms with E-state index in [1.54, 1.807) is 0 Å². The maximum Gasteiger partial charge on any atom is 0.347 e. The Hall–Kier alpha value is -0.550. The number of aryl methyl sites for hydroxylation is 1. The molecule has 1 heterocycles. The first-order valence-electron chi connectivity index (χ1n) is 5.34. The number of thiazole rings is 1. The monoisotopic (exact) mass is 259 g/mol. The van der Waals surface area contributed by atoms with E-state index in [2.05, 4.69) is 18.8 Å². The van der Waals surface area contributed by atoms with E-state index in [0.717, 1.165) is 22.2 Å². The van der Waals surface area contributed by atoms with Crippen molar-refractivity contribution in [2.45, 2.75) is 32.9 Å². The quantitative estimate of drug-likeness (QED) is 0.851. The predicted molar refractivity (Wildman–Crippen MR) is 69.5 cm³/mol. The number of rotatable bonds is 6. The summed E-state index contributed by atoms with van der Waals surface area (Å²) in [5.74, 6) is 1.72. The molecule has 0 atom stereocenters. The van der Waals surface area contributed by atoms with Crippen LogP contribution in [0, 0.1) is 5.92 Å². The summed E-state index contributed by atoms with van der Waals surface area (Å²) in [4.78, 5) is 15.7. The molecule has 0 saturated heterocycles. The van der Waals surface area contributed by atoms with E-state index < -0.39 is 5.97 Å². The Morgan fingerprint density at radius 1 is 1.56 bits per heavy atom. The molecule has 5 heteroatoms. The number of carboxylic acids is 1. The van der Waals surface area contributed by atoms with Crippen LogP contribution in [0.25, 0.3) is 0 Å². The van der Waals surface area contributed by atoms with Gasteiger partial charge in [0.2, 0.25) is 0 Å². The Kier molecular flexibility index (Phi) is 5.28. The fraction of sp³-hybridized carbons (Fsp3) is 0.636. The summed E-state index contributed by atoms with van der Waals surface area (Å²) in [5.41, 5.74) is 0.720. The van der Waals surface area contributed by atoms with Crippen LogP contribution >= 0.6 is 23.1 Å². The molecule has 0 saturated carbocycles. The predicted octanol–water partition coefficient (Wildman–Crippen LogP) is 3.29. The van der Waals surface area contributed by atoms with Gasteiger partial charge in [0.05, 0.1) is 5.69 Å². The molecule has 1 aromatic heterocycles. The van der Waals surface area contributed by atoms with Gasteiger partial charge in [0, 0.05) is 5.75 Å². The van der Waals surface area contributed by atoms with E-state index >= 15 is 0 Å². The molecule has 0 spiro atoms. The molecule has 0 aromatic carbocycles. The highest BCUT2D eigenvalue weighted by Gasteiger charge is 2.15. The number of hydrogen-bond donors (Lipinski definition) is 1. The van der Waals surface area contributed by atoms with E-state index in [4.69, 9.17) is 5.11 Å². The van der Waals surface area contributed by atoms with Gasteiger partial charge in [0.25, 0.3) is 0 Å². The van der Waals surface area contributed by atoms with Gasteiger partial charge in [0.15, 0.2) is 0 Å². The molecular formula is C11H17NO2S2. The number of thioether (sulfide) groups is 1. The van der Waals surface area contributed by atoms with Crippen molar-refractivity contribution in [2.75, 3.05) is 5.75 Å². The second-order valence-corrected chi connectivity index (χ2v) is 6.06. The first kappa shape index (κ1) is 13.5. The first-order chi connectivity index (χ1) is 7.54. The van der Waals surface area contributed by atoms with Gasteiger partial charge in [-0.05, 0) is 18.1 Å². The van der Waals surface area contributed by atoms with Gasteiger partial charge in [-0.1, -0.05) is 20.8 Å². The lowest BCUT2D eigenvalue weighted by Crippen LogP contribution is -1.97. The van der Waals surface area contributed by atoms with Crippen LogP contribution in [0.15, 0.2) is 0 Å². The Morgan fingerprint density at radius 3 is 2.69 bits per heavy atom. The van der Waals surface area contributed by atoms with Gasteiger partial charge < -0.3 is 5.11 Å². The lowest BCUT2D eigenvalue weighted by molar-refractivity contribution is 0.0701. The molecule has 0 aliphatic heterocycles. The molecule has 1 aromatic rings. The van der Waals surface area contributed by atoms with Crippen molar-refractivity contribution < 1.29 is 9.90 Å². The SMILES string of the molecule is CCc1nc(CSCC(C)C)sc1C(=O)O. The Morgan fingerprint density at radius 2 is 2.25 bits per heavy atom. The average Bonchev–Trinajstić information content (AvgIpc) is 2.60. The van der Waals surface area contributed by atoms with Crippen LogP contribution in [0.1, 0.15) is 41.1 Å². The minimum atomic E-state index is -0.852. The summed E-state index contributed by atoms with van der Waals surface area (Å²) < 4.78 is 0. The Bertz CT molecular complexity index is 361. The summed E-state index contributed by atoms with van der Waals surface area (Å²) in [6, 6.07) is 0. The summed E-state index contributed by atoms with van der Waals surface area (Å²) in [7, 11) is 0. The van der Waals surface area contributed by atoms with Crippen LogP contribution in [-0.4, -0.2) is 21.8 Å². The summed E-state index contributed by atoms with van der Waals surface area (Å²) in [5, 5.41) is 9.92. The molecule has 3 nitrogen and oxygen atoms in total. The Labute approximate surface area is 104 Å². The van der Waals surface area contributed by atoms with E-state index in [1.165, 1.54) is 11.3 Å². The van der Waals surface area contributed by atoms with Gasteiger partial charge in [-0.15, -0.1) is 11.3 Å². The first-order valence-corrected chi connectivity index (χ1v) is 7.31. The highest BCUT2D eigenvalue weighted by atomic mass is 32.2.